The number of esters is 2. The van der Waals surface area contributed by atoms with Crippen molar-refractivity contribution in [1.82, 2.24) is 0 Å². The van der Waals surface area contributed by atoms with E-state index in [4.69, 9.17) is 18.9 Å². The molecule has 0 aliphatic carbocycles. The van der Waals surface area contributed by atoms with Crippen molar-refractivity contribution in [3.8, 4) is 0 Å². The number of fused-ring (bicyclic) bond motifs is 1. The van der Waals surface area contributed by atoms with E-state index in [2.05, 4.69) is 30.3 Å². The Morgan fingerprint density at radius 2 is 1.43 bits per heavy atom. The van der Waals surface area contributed by atoms with Crippen molar-refractivity contribution >= 4 is 28.7 Å². The van der Waals surface area contributed by atoms with E-state index in [0.717, 1.165) is 19.3 Å². The highest BCUT2D eigenvalue weighted by Crippen LogP contribution is 2.18. The van der Waals surface area contributed by atoms with Gasteiger partial charge in [-0.05, 0) is 77.1 Å². The first-order chi connectivity index (χ1) is 17.2. The standard InChI is InChI=1S/C29H40O8/c1-28(2,3)36-23(30)19-35-24(26(31)32)25(27(33)37-29(4,5)6)34-17-11-7-8-12-20-15-16-21-13-9-10-14-22(21)18-20/h9-10,13-16,18,24-25H,7-8,11-12,17,19H2,1-6H3,(H,31,32)/t24-,25-/m1/s1. The van der Waals surface area contributed by atoms with Gasteiger partial charge in [0.2, 0.25) is 0 Å². The highest BCUT2D eigenvalue weighted by molar-refractivity contribution is 5.85. The van der Waals surface area contributed by atoms with E-state index < -0.39 is 47.9 Å². The Labute approximate surface area is 219 Å². The van der Waals surface area contributed by atoms with Crippen molar-refractivity contribution in [3.63, 3.8) is 0 Å². The van der Waals surface area contributed by atoms with Gasteiger partial charge in [-0.25, -0.2) is 14.4 Å². The van der Waals surface area contributed by atoms with Gasteiger partial charge in [-0.3, -0.25) is 0 Å². The predicted molar refractivity (Wildman–Crippen MR) is 140 cm³/mol. The summed E-state index contributed by atoms with van der Waals surface area (Å²) < 4.78 is 21.5. The van der Waals surface area contributed by atoms with E-state index in [0.29, 0.717) is 6.42 Å². The van der Waals surface area contributed by atoms with Crippen LogP contribution in [0.25, 0.3) is 10.8 Å². The van der Waals surface area contributed by atoms with E-state index in [9.17, 15) is 19.5 Å². The molecule has 0 saturated carbocycles. The first-order valence-corrected chi connectivity index (χ1v) is 12.6. The fraction of sp³-hybridized carbons (Fsp3) is 0.552. The summed E-state index contributed by atoms with van der Waals surface area (Å²) in [7, 11) is 0. The number of benzene rings is 2. The highest BCUT2D eigenvalue weighted by atomic mass is 16.6. The minimum atomic E-state index is -1.72. The van der Waals surface area contributed by atoms with Gasteiger partial charge < -0.3 is 24.1 Å². The summed E-state index contributed by atoms with van der Waals surface area (Å²) >= 11 is 0. The molecule has 0 spiro atoms. The first-order valence-electron chi connectivity index (χ1n) is 12.6. The van der Waals surface area contributed by atoms with Crippen molar-refractivity contribution < 1.29 is 38.4 Å². The second kappa shape index (κ2) is 13.5. The maximum absolute atomic E-state index is 12.8. The topological polar surface area (TPSA) is 108 Å². The summed E-state index contributed by atoms with van der Waals surface area (Å²) in [6, 6.07) is 14.6. The van der Waals surface area contributed by atoms with Crippen LogP contribution in [0.3, 0.4) is 0 Å². The number of ether oxygens (including phenoxy) is 4. The summed E-state index contributed by atoms with van der Waals surface area (Å²) in [5.41, 5.74) is -0.368. The number of hydrogen-bond donors (Lipinski definition) is 1. The molecule has 0 bridgehead atoms. The Morgan fingerprint density at radius 3 is 2.05 bits per heavy atom. The van der Waals surface area contributed by atoms with Crippen LogP contribution in [-0.2, 0) is 39.8 Å². The Bertz CT molecular complexity index is 1050. The third kappa shape index (κ3) is 11.3. The minimum absolute atomic E-state index is 0.140. The lowest BCUT2D eigenvalue weighted by Gasteiger charge is -2.27. The van der Waals surface area contributed by atoms with E-state index in [-0.39, 0.29) is 6.61 Å². The lowest BCUT2D eigenvalue weighted by atomic mass is 10.0. The molecule has 1 N–H and O–H groups in total. The zero-order valence-electron chi connectivity index (χ0n) is 22.7. The van der Waals surface area contributed by atoms with Gasteiger partial charge in [-0.1, -0.05) is 48.9 Å². The molecule has 2 aromatic carbocycles. The van der Waals surface area contributed by atoms with Crippen LogP contribution in [0.15, 0.2) is 42.5 Å². The summed E-state index contributed by atoms with van der Waals surface area (Å²) in [4.78, 5) is 36.7. The maximum Gasteiger partial charge on any atom is 0.339 e. The number of rotatable bonds is 13. The molecule has 0 saturated heterocycles. The van der Waals surface area contributed by atoms with Gasteiger partial charge in [0.05, 0.1) is 0 Å². The molecule has 0 amide bonds. The molecule has 204 valence electrons. The monoisotopic (exact) mass is 516 g/mol. The lowest BCUT2D eigenvalue weighted by molar-refractivity contribution is -0.191. The normalized spacial score (nSPS) is 13.7. The lowest BCUT2D eigenvalue weighted by Crippen LogP contribution is -2.47. The zero-order valence-corrected chi connectivity index (χ0v) is 22.7. The molecule has 2 atom stereocenters. The van der Waals surface area contributed by atoms with Crippen LogP contribution in [0.4, 0.5) is 0 Å². The number of carbonyl (C=O) groups is 3. The molecule has 0 fully saturated rings. The molecule has 8 nitrogen and oxygen atoms in total. The van der Waals surface area contributed by atoms with Crippen molar-refractivity contribution in [1.29, 1.82) is 0 Å². The van der Waals surface area contributed by atoms with E-state index in [1.54, 1.807) is 41.5 Å². The van der Waals surface area contributed by atoms with Gasteiger partial charge in [0.15, 0.2) is 12.2 Å². The van der Waals surface area contributed by atoms with E-state index in [1.165, 1.54) is 16.3 Å². The van der Waals surface area contributed by atoms with Gasteiger partial charge in [0.1, 0.15) is 17.8 Å². The highest BCUT2D eigenvalue weighted by Gasteiger charge is 2.39. The second-order valence-electron chi connectivity index (χ2n) is 11.0. The van der Waals surface area contributed by atoms with E-state index >= 15 is 0 Å². The zero-order chi connectivity index (χ0) is 27.6. The van der Waals surface area contributed by atoms with Crippen molar-refractivity contribution in [3.05, 3.63) is 48.0 Å². The third-order valence-electron chi connectivity index (χ3n) is 5.18. The fourth-order valence-electron chi connectivity index (χ4n) is 3.67. The van der Waals surface area contributed by atoms with Crippen LogP contribution in [0.5, 0.6) is 0 Å². The number of carboxylic acids is 1. The summed E-state index contributed by atoms with van der Waals surface area (Å²) in [6.45, 7) is 9.58. The summed E-state index contributed by atoms with van der Waals surface area (Å²) in [6.07, 6.45) is 0.00266. The Kier molecular flexibility index (Phi) is 11.1. The summed E-state index contributed by atoms with van der Waals surface area (Å²) in [5.74, 6) is -3.04. The SMILES string of the molecule is CC(C)(C)OC(=O)CO[C@@H](C(=O)O)[C@@H](OCCCCCc1ccc2ccccc2c1)C(=O)OC(C)(C)C. The molecule has 0 radical (unpaired) electrons. The minimum Gasteiger partial charge on any atom is -0.479 e. The molecule has 2 rings (SSSR count). The number of carbonyl (C=O) groups excluding carboxylic acids is 2. The molecule has 0 aliphatic rings. The number of unbranched alkanes of at least 4 members (excludes halogenated alkanes) is 2. The molecular formula is C29H40O8. The van der Waals surface area contributed by atoms with Gasteiger partial charge in [-0.2, -0.15) is 0 Å². The molecular weight excluding hydrogens is 476 g/mol. The van der Waals surface area contributed by atoms with Crippen molar-refractivity contribution in [2.45, 2.75) is 90.6 Å². The van der Waals surface area contributed by atoms with Crippen molar-refractivity contribution in [2.75, 3.05) is 13.2 Å². The predicted octanol–water partition coefficient (Wildman–Crippen LogP) is 5.09. The van der Waals surface area contributed by atoms with Crippen LogP contribution in [0, 0.1) is 0 Å². The van der Waals surface area contributed by atoms with Crippen LogP contribution in [0.2, 0.25) is 0 Å². The Morgan fingerprint density at radius 1 is 0.784 bits per heavy atom. The van der Waals surface area contributed by atoms with Gasteiger partial charge in [-0.15, -0.1) is 0 Å². The molecule has 0 unspecified atom stereocenters. The third-order valence-corrected chi connectivity index (χ3v) is 5.18. The Balaban J connectivity index is 1.92. The van der Waals surface area contributed by atoms with Crippen molar-refractivity contribution in [2.24, 2.45) is 0 Å². The average Bonchev–Trinajstić information content (AvgIpc) is 2.77. The number of aryl methyl sites for hydroxylation is 1. The molecule has 0 aliphatic heterocycles. The van der Waals surface area contributed by atoms with Crippen LogP contribution in [-0.4, -0.2) is 59.6 Å². The first kappa shape index (κ1) is 30.3. The van der Waals surface area contributed by atoms with Gasteiger partial charge in [0, 0.05) is 6.61 Å². The van der Waals surface area contributed by atoms with Gasteiger partial charge >= 0.3 is 17.9 Å². The van der Waals surface area contributed by atoms with E-state index in [1.807, 2.05) is 12.1 Å². The van der Waals surface area contributed by atoms with Crippen LogP contribution < -0.4 is 0 Å². The number of aliphatic carboxylic acids is 1. The Hall–Kier alpha value is -2.97. The molecule has 2 aromatic rings. The molecule has 37 heavy (non-hydrogen) atoms. The van der Waals surface area contributed by atoms with Crippen LogP contribution >= 0.6 is 0 Å². The van der Waals surface area contributed by atoms with Crippen LogP contribution in [0.1, 0.15) is 66.4 Å². The van der Waals surface area contributed by atoms with Gasteiger partial charge in [0.25, 0.3) is 0 Å². The maximum atomic E-state index is 12.8. The second-order valence-corrected chi connectivity index (χ2v) is 11.0. The largest absolute Gasteiger partial charge is 0.479 e. The molecule has 0 aromatic heterocycles. The quantitative estimate of drug-likeness (QED) is 0.290. The number of carboxylic acid groups (broad SMARTS) is 1. The fourth-order valence-corrected chi connectivity index (χ4v) is 3.67. The smallest absolute Gasteiger partial charge is 0.339 e. The number of hydrogen-bond acceptors (Lipinski definition) is 7. The molecule has 8 heteroatoms. The summed E-state index contributed by atoms with van der Waals surface area (Å²) in [5, 5.41) is 12.1. The average molecular weight is 517 g/mol. The molecule has 0 heterocycles.